The van der Waals surface area contributed by atoms with E-state index in [1.54, 1.807) is 0 Å². The van der Waals surface area contributed by atoms with Crippen molar-refractivity contribution >= 4 is 23.3 Å². The third kappa shape index (κ3) is 3.77. The highest BCUT2D eigenvalue weighted by molar-refractivity contribution is 7.99. The highest BCUT2D eigenvalue weighted by atomic mass is 32.2. The van der Waals surface area contributed by atoms with Gasteiger partial charge in [0.05, 0.1) is 0 Å². The van der Waals surface area contributed by atoms with E-state index >= 15 is 0 Å². The second-order valence-corrected chi connectivity index (χ2v) is 8.40. The number of aliphatic imine (C=N–C) groups is 1. The molecule has 0 radical (unpaired) electrons. The van der Waals surface area contributed by atoms with E-state index in [1.165, 1.54) is 47.0 Å². The minimum absolute atomic E-state index is 0.242. The van der Waals surface area contributed by atoms with Crippen molar-refractivity contribution in [2.75, 3.05) is 23.4 Å². The van der Waals surface area contributed by atoms with Crippen molar-refractivity contribution in [3.05, 3.63) is 65.7 Å². The van der Waals surface area contributed by atoms with Crippen molar-refractivity contribution < 1.29 is 0 Å². The van der Waals surface area contributed by atoms with Gasteiger partial charge in [0.25, 0.3) is 0 Å². The molecule has 2 aromatic carbocycles. The van der Waals surface area contributed by atoms with Crippen LogP contribution in [0.25, 0.3) is 0 Å². The number of hydrogen-bond donors (Lipinski definition) is 1. The van der Waals surface area contributed by atoms with E-state index in [2.05, 4.69) is 71.7 Å². The second-order valence-electron chi connectivity index (χ2n) is 7.17. The number of anilines is 1. The van der Waals surface area contributed by atoms with Gasteiger partial charge in [-0.1, -0.05) is 48.5 Å². The molecule has 2 nitrogen and oxygen atoms in total. The lowest BCUT2D eigenvalue weighted by Crippen LogP contribution is -2.44. The van der Waals surface area contributed by atoms with Crippen LogP contribution in [0.4, 0.5) is 5.69 Å². The van der Waals surface area contributed by atoms with Gasteiger partial charge in [-0.2, -0.15) is 11.8 Å². The maximum Gasteiger partial charge on any atom is 0.107 e. The third-order valence-electron chi connectivity index (χ3n) is 5.49. The topological polar surface area (TPSA) is 24.4 Å². The lowest BCUT2D eigenvalue weighted by Gasteiger charge is -2.42. The predicted octanol–water partition coefficient (Wildman–Crippen LogP) is 5.20. The Bertz CT molecular complexity index is 733. The summed E-state index contributed by atoms with van der Waals surface area (Å²) in [5.41, 5.74) is 4.37. The van der Waals surface area contributed by atoms with Crippen LogP contribution in [0.2, 0.25) is 0 Å². The summed E-state index contributed by atoms with van der Waals surface area (Å²) in [7, 11) is 0. The summed E-state index contributed by atoms with van der Waals surface area (Å²) in [6.45, 7) is 0.911. The summed E-state index contributed by atoms with van der Waals surface area (Å²) < 4.78 is 0. The maximum atomic E-state index is 5.07. The van der Waals surface area contributed by atoms with Crippen molar-refractivity contribution in [2.45, 2.75) is 32.1 Å². The maximum absolute atomic E-state index is 5.07. The van der Waals surface area contributed by atoms with E-state index in [0.29, 0.717) is 0 Å². The second kappa shape index (κ2) is 7.65. The Labute approximate surface area is 155 Å². The quantitative estimate of drug-likeness (QED) is 0.767. The molecule has 0 atom stereocenters. The summed E-state index contributed by atoms with van der Waals surface area (Å²) in [6.07, 6.45) is 5.86. The average molecular weight is 351 g/mol. The number of para-hydroxylation sites is 1. The number of thioether (sulfide) groups is 1. The summed E-state index contributed by atoms with van der Waals surface area (Å²) in [4.78, 5) is 5.07. The molecule has 2 aromatic rings. The number of aryl methyl sites for hydroxylation is 1. The van der Waals surface area contributed by atoms with E-state index in [0.717, 1.165) is 25.8 Å². The lowest BCUT2D eigenvalue weighted by atomic mass is 9.73. The fourth-order valence-electron chi connectivity index (χ4n) is 4.01. The molecule has 0 aliphatic carbocycles. The van der Waals surface area contributed by atoms with Gasteiger partial charge in [0.2, 0.25) is 0 Å². The van der Waals surface area contributed by atoms with Crippen LogP contribution in [0.1, 0.15) is 30.4 Å². The number of fused-ring (bicyclic) bond motifs is 1. The monoisotopic (exact) mass is 350 g/mol. The number of hydrogen-bond acceptors (Lipinski definition) is 2. The summed E-state index contributed by atoms with van der Waals surface area (Å²) in [5.74, 6) is 3.76. The molecule has 0 unspecified atom stereocenters. The standard InChI is InChI=1S/C22H26N2S/c1-2-7-18(8-3-1)9-6-14-23-21-22(12-15-25-16-13-22)17-19-10-4-5-11-20(19)24-21/h1-5,7-8,10-11H,6,9,12-17H2,(H,23,24). The van der Waals surface area contributed by atoms with Crippen LogP contribution in [0, 0.1) is 5.41 Å². The summed E-state index contributed by atoms with van der Waals surface area (Å²) in [6, 6.07) is 19.5. The molecule has 0 aromatic heterocycles. The Kier molecular flexibility index (Phi) is 5.12. The summed E-state index contributed by atoms with van der Waals surface area (Å²) in [5, 5.41) is 3.70. The molecule has 130 valence electrons. The van der Waals surface area contributed by atoms with Crippen molar-refractivity contribution in [2.24, 2.45) is 10.4 Å². The zero-order chi connectivity index (χ0) is 17.0. The molecule has 0 saturated carbocycles. The molecule has 2 aliphatic rings. The van der Waals surface area contributed by atoms with Gasteiger partial charge in [0, 0.05) is 17.6 Å². The molecule has 2 heterocycles. The van der Waals surface area contributed by atoms with Crippen LogP contribution >= 0.6 is 11.8 Å². The molecular formula is C22H26N2S. The van der Waals surface area contributed by atoms with E-state index in [1.807, 2.05) is 0 Å². The van der Waals surface area contributed by atoms with Crippen molar-refractivity contribution in [3.63, 3.8) is 0 Å². The summed E-state index contributed by atoms with van der Waals surface area (Å²) >= 11 is 2.09. The minimum atomic E-state index is 0.242. The number of benzene rings is 2. The predicted molar refractivity (Wildman–Crippen MR) is 110 cm³/mol. The van der Waals surface area contributed by atoms with Crippen molar-refractivity contribution in [1.29, 1.82) is 0 Å². The van der Waals surface area contributed by atoms with Crippen LogP contribution in [0.5, 0.6) is 0 Å². The Morgan fingerprint density at radius 1 is 0.960 bits per heavy atom. The van der Waals surface area contributed by atoms with Gasteiger partial charge in [-0.3, -0.25) is 4.99 Å². The van der Waals surface area contributed by atoms with E-state index in [4.69, 9.17) is 4.99 Å². The van der Waals surface area contributed by atoms with Crippen molar-refractivity contribution in [1.82, 2.24) is 0 Å². The number of amidine groups is 1. The van der Waals surface area contributed by atoms with Gasteiger partial charge in [0.15, 0.2) is 0 Å². The molecule has 4 rings (SSSR count). The van der Waals surface area contributed by atoms with Crippen LogP contribution in [-0.2, 0) is 12.8 Å². The van der Waals surface area contributed by atoms with Gasteiger partial charge in [0.1, 0.15) is 5.84 Å². The Hall–Kier alpha value is -1.74. The van der Waals surface area contributed by atoms with Gasteiger partial charge >= 0.3 is 0 Å². The third-order valence-corrected chi connectivity index (χ3v) is 6.47. The smallest absolute Gasteiger partial charge is 0.107 e. The fourth-order valence-corrected chi connectivity index (χ4v) is 5.28. The molecule has 1 spiro atoms. The van der Waals surface area contributed by atoms with Gasteiger partial charge < -0.3 is 5.32 Å². The molecule has 1 saturated heterocycles. The van der Waals surface area contributed by atoms with Gasteiger partial charge in [-0.15, -0.1) is 0 Å². The van der Waals surface area contributed by atoms with E-state index < -0.39 is 0 Å². The van der Waals surface area contributed by atoms with Crippen LogP contribution in [0.15, 0.2) is 59.6 Å². The highest BCUT2D eigenvalue weighted by Crippen LogP contribution is 2.43. The van der Waals surface area contributed by atoms with Gasteiger partial charge in [-0.05, 0) is 60.8 Å². The Morgan fingerprint density at radius 2 is 1.72 bits per heavy atom. The lowest BCUT2D eigenvalue weighted by molar-refractivity contribution is 0.377. The molecule has 1 N–H and O–H groups in total. The zero-order valence-electron chi connectivity index (χ0n) is 14.7. The molecule has 2 aliphatic heterocycles. The first-order chi connectivity index (χ1) is 12.4. The number of nitrogens with one attached hydrogen (secondary N) is 1. The number of rotatable bonds is 4. The largest absolute Gasteiger partial charge is 0.343 e. The van der Waals surface area contributed by atoms with Gasteiger partial charge in [-0.25, -0.2) is 0 Å². The molecule has 25 heavy (non-hydrogen) atoms. The molecular weight excluding hydrogens is 324 g/mol. The van der Waals surface area contributed by atoms with Crippen LogP contribution in [-0.4, -0.2) is 23.9 Å². The fraction of sp³-hybridized carbons (Fsp3) is 0.409. The first-order valence-corrected chi connectivity index (χ1v) is 10.5. The highest BCUT2D eigenvalue weighted by Gasteiger charge is 2.41. The Morgan fingerprint density at radius 3 is 2.56 bits per heavy atom. The molecule has 0 amide bonds. The SMILES string of the molecule is c1ccc(CCCN=C2Nc3ccccc3CC23CCSCC3)cc1. The van der Waals surface area contributed by atoms with E-state index in [-0.39, 0.29) is 5.41 Å². The average Bonchev–Trinajstić information content (AvgIpc) is 2.67. The first-order valence-electron chi connectivity index (χ1n) is 9.37. The number of nitrogens with zero attached hydrogens (tertiary/aromatic N) is 1. The molecule has 1 fully saturated rings. The normalized spacial score (nSPS) is 20.2. The van der Waals surface area contributed by atoms with E-state index in [9.17, 15) is 0 Å². The zero-order valence-corrected chi connectivity index (χ0v) is 15.5. The van der Waals surface area contributed by atoms with Crippen molar-refractivity contribution in [3.8, 4) is 0 Å². The molecule has 0 bridgehead atoms. The Balaban J connectivity index is 1.49. The first kappa shape index (κ1) is 16.7. The molecule has 3 heteroatoms. The minimum Gasteiger partial charge on any atom is -0.343 e. The van der Waals surface area contributed by atoms with Crippen LogP contribution < -0.4 is 5.32 Å². The van der Waals surface area contributed by atoms with Crippen LogP contribution in [0.3, 0.4) is 0 Å².